The summed E-state index contributed by atoms with van der Waals surface area (Å²) in [6.45, 7) is 6.94. The molecule has 4 nitrogen and oxygen atoms in total. The minimum atomic E-state index is 0.0398. The molecule has 102 valence electrons. The lowest BCUT2D eigenvalue weighted by molar-refractivity contribution is 0.0585. The van der Waals surface area contributed by atoms with Gasteiger partial charge < -0.3 is 20.9 Å². The van der Waals surface area contributed by atoms with Crippen LogP contribution in [-0.2, 0) is 4.74 Å². The number of ether oxygens (including phenoxy) is 2. The van der Waals surface area contributed by atoms with Crippen LogP contribution in [0.4, 0.5) is 0 Å². The van der Waals surface area contributed by atoms with E-state index in [9.17, 15) is 0 Å². The summed E-state index contributed by atoms with van der Waals surface area (Å²) in [5.41, 5.74) is 12.4. The quantitative estimate of drug-likeness (QED) is 0.776. The lowest BCUT2D eigenvalue weighted by Gasteiger charge is -2.16. The average molecular weight is 252 g/mol. The van der Waals surface area contributed by atoms with E-state index in [1.807, 2.05) is 45.0 Å². The van der Waals surface area contributed by atoms with Gasteiger partial charge in [0.15, 0.2) is 0 Å². The number of benzene rings is 1. The highest BCUT2D eigenvalue weighted by Crippen LogP contribution is 2.20. The molecule has 0 amide bonds. The molecule has 0 aliphatic heterocycles. The Morgan fingerprint density at radius 1 is 0.944 bits per heavy atom. The minimum Gasteiger partial charge on any atom is -0.492 e. The van der Waals surface area contributed by atoms with Gasteiger partial charge in [-0.05, 0) is 38.5 Å². The van der Waals surface area contributed by atoms with Crippen LogP contribution in [0, 0.1) is 0 Å². The van der Waals surface area contributed by atoms with Crippen molar-refractivity contribution >= 4 is 0 Å². The van der Waals surface area contributed by atoms with Crippen LogP contribution in [0.2, 0.25) is 0 Å². The van der Waals surface area contributed by atoms with Gasteiger partial charge in [-0.25, -0.2) is 0 Å². The Balaban J connectivity index is 2.48. The van der Waals surface area contributed by atoms with Gasteiger partial charge >= 0.3 is 0 Å². The molecule has 3 atom stereocenters. The molecule has 0 saturated carbocycles. The maximum atomic E-state index is 5.65. The van der Waals surface area contributed by atoms with Gasteiger partial charge in [0.25, 0.3) is 0 Å². The maximum Gasteiger partial charge on any atom is 0.119 e. The second kappa shape index (κ2) is 7.36. The molecule has 0 aromatic heterocycles. The standard InChI is InChI=1S/C14H24N2O2/c1-10(15)8-17-12(3)13-4-6-14(7-5-13)18-9-11(2)16/h4-7,10-12H,8-9,15-16H2,1-3H3. The first-order valence-electron chi connectivity index (χ1n) is 6.34. The summed E-state index contributed by atoms with van der Waals surface area (Å²) in [5, 5.41) is 0. The van der Waals surface area contributed by atoms with Gasteiger partial charge in [0.05, 0.1) is 12.7 Å². The molecule has 1 aromatic rings. The molecule has 0 saturated heterocycles. The fourth-order valence-corrected chi connectivity index (χ4v) is 1.46. The zero-order valence-electron chi connectivity index (χ0n) is 11.4. The third-order valence-electron chi connectivity index (χ3n) is 2.47. The highest BCUT2D eigenvalue weighted by Gasteiger charge is 2.07. The van der Waals surface area contributed by atoms with E-state index < -0.39 is 0 Å². The first-order valence-corrected chi connectivity index (χ1v) is 6.34. The summed E-state index contributed by atoms with van der Waals surface area (Å²) in [6, 6.07) is 7.97. The molecule has 4 N–H and O–H groups in total. The highest BCUT2D eigenvalue weighted by molar-refractivity contribution is 5.28. The van der Waals surface area contributed by atoms with Gasteiger partial charge in [0, 0.05) is 12.1 Å². The second-order valence-corrected chi connectivity index (χ2v) is 4.81. The third kappa shape index (κ3) is 5.49. The molecular formula is C14H24N2O2. The van der Waals surface area contributed by atoms with Gasteiger partial charge in [-0.1, -0.05) is 12.1 Å². The van der Waals surface area contributed by atoms with E-state index >= 15 is 0 Å². The van der Waals surface area contributed by atoms with Crippen LogP contribution in [0.3, 0.4) is 0 Å². The lowest BCUT2D eigenvalue weighted by Crippen LogP contribution is -2.23. The van der Waals surface area contributed by atoms with E-state index in [-0.39, 0.29) is 18.2 Å². The van der Waals surface area contributed by atoms with Crippen LogP contribution < -0.4 is 16.2 Å². The molecule has 1 aromatic carbocycles. The molecule has 4 heteroatoms. The topological polar surface area (TPSA) is 70.5 Å². The van der Waals surface area contributed by atoms with Crippen LogP contribution in [-0.4, -0.2) is 25.3 Å². The third-order valence-corrected chi connectivity index (χ3v) is 2.47. The first-order chi connectivity index (χ1) is 8.49. The SMILES string of the molecule is CC(N)COc1ccc(C(C)OCC(C)N)cc1. The molecule has 0 fully saturated rings. The number of hydrogen-bond donors (Lipinski definition) is 2. The van der Waals surface area contributed by atoms with E-state index in [0.717, 1.165) is 11.3 Å². The number of rotatable bonds is 7. The van der Waals surface area contributed by atoms with Gasteiger partial charge in [0.1, 0.15) is 12.4 Å². The van der Waals surface area contributed by atoms with E-state index in [0.29, 0.717) is 13.2 Å². The van der Waals surface area contributed by atoms with Crippen LogP contribution >= 0.6 is 0 Å². The largest absolute Gasteiger partial charge is 0.492 e. The van der Waals surface area contributed by atoms with Crippen molar-refractivity contribution in [1.82, 2.24) is 0 Å². The summed E-state index contributed by atoms with van der Waals surface area (Å²) >= 11 is 0. The molecule has 0 aliphatic carbocycles. The molecule has 0 heterocycles. The molecule has 0 bridgehead atoms. The smallest absolute Gasteiger partial charge is 0.119 e. The zero-order chi connectivity index (χ0) is 13.5. The summed E-state index contributed by atoms with van der Waals surface area (Å²) in [7, 11) is 0. The van der Waals surface area contributed by atoms with Gasteiger partial charge in [-0.2, -0.15) is 0 Å². The van der Waals surface area contributed by atoms with Crippen molar-refractivity contribution in [3.63, 3.8) is 0 Å². The summed E-state index contributed by atoms with van der Waals surface area (Å²) in [4.78, 5) is 0. The Labute approximate surface area is 109 Å². The van der Waals surface area contributed by atoms with Crippen LogP contribution in [0.5, 0.6) is 5.75 Å². The Hall–Kier alpha value is -1.10. The first kappa shape index (κ1) is 15.0. The van der Waals surface area contributed by atoms with Crippen molar-refractivity contribution in [2.45, 2.75) is 39.0 Å². The lowest BCUT2D eigenvalue weighted by atomic mass is 10.1. The minimum absolute atomic E-state index is 0.0398. The van der Waals surface area contributed by atoms with Crippen LogP contribution in [0.25, 0.3) is 0 Å². The second-order valence-electron chi connectivity index (χ2n) is 4.81. The van der Waals surface area contributed by atoms with E-state index in [4.69, 9.17) is 20.9 Å². The van der Waals surface area contributed by atoms with E-state index in [1.165, 1.54) is 0 Å². The van der Waals surface area contributed by atoms with Crippen molar-refractivity contribution in [2.24, 2.45) is 11.5 Å². The fraction of sp³-hybridized carbons (Fsp3) is 0.571. The Bertz CT molecular complexity index is 336. The molecule has 0 radical (unpaired) electrons. The predicted octanol–water partition coefficient (Wildman–Crippen LogP) is 1.84. The zero-order valence-corrected chi connectivity index (χ0v) is 11.4. The van der Waals surface area contributed by atoms with Crippen molar-refractivity contribution in [2.75, 3.05) is 13.2 Å². The van der Waals surface area contributed by atoms with E-state index in [2.05, 4.69) is 0 Å². The Morgan fingerprint density at radius 2 is 1.50 bits per heavy atom. The molecule has 0 aliphatic rings. The van der Waals surface area contributed by atoms with Gasteiger partial charge in [-0.3, -0.25) is 0 Å². The van der Waals surface area contributed by atoms with Gasteiger partial charge in [-0.15, -0.1) is 0 Å². The number of nitrogens with two attached hydrogens (primary N) is 2. The molecule has 1 rings (SSSR count). The number of hydrogen-bond acceptors (Lipinski definition) is 4. The molecular weight excluding hydrogens is 228 g/mol. The summed E-state index contributed by atoms with van der Waals surface area (Å²) in [6.07, 6.45) is 0.0403. The van der Waals surface area contributed by atoms with Crippen LogP contribution in [0.15, 0.2) is 24.3 Å². The molecule has 18 heavy (non-hydrogen) atoms. The van der Waals surface area contributed by atoms with Crippen molar-refractivity contribution < 1.29 is 9.47 Å². The monoisotopic (exact) mass is 252 g/mol. The van der Waals surface area contributed by atoms with Crippen molar-refractivity contribution in [3.8, 4) is 5.75 Å². The molecule has 0 spiro atoms. The Kier molecular flexibility index (Phi) is 6.12. The van der Waals surface area contributed by atoms with Crippen molar-refractivity contribution in [3.05, 3.63) is 29.8 Å². The van der Waals surface area contributed by atoms with E-state index in [1.54, 1.807) is 0 Å². The normalized spacial score (nSPS) is 16.1. The van der Waals surface area contributed by atoms with Crippen molar-refractivity contribution in [1.29, 1.82) is 0 Å². The van der Waals surface area contributed by atoms with Crippen LogP contribution in [0.1, 0.15) is 32.4 Å². The average Bonchev–Trinajstić information content (AvgIpc) is 2.34. The van der Waals surface area contributed by atoms with Gasteiger partial charge in [0.2, 0.25) is 0 Å². The fourth-order valence-electron chi connectivity index (χ4n) is 1.46. The Morgan fingerprint density at radius 3 is 2.00 bits per heavy atom. The summed E-state index contributed by atoms with van der Waals surface area (Å²) in [5.74, 6) is 0.829. The highest BCUT2D eigenvalue weighted by atomic mass is 16.5. The maximum absolute atomic E-state index is 5.65. The summed E-state index contributed by atoms with van der Waals surface area (Å²) < 4.78 is 11.2. The predicted molar refractivity (Wildman–Crippen MR) is 73.6 cm³/mol. The molecule has 3 unspecified atom stereocenters.